The molecule has 1 N–H and O–H groups in total. The average molecular weight is 282 g/mol. The number of hydrogen-bond donors (Lipinski definition) is 1. The number of nitrogens with zero attached hydrogens (tertiary/aromatic N) is 1. The van der Waals surface area contributed by atoms with Gasteiger partial charge in [-0.05, 0) is 19.8 Å². The molecule has 2 rings (SSSR count). The fourth-order valence-corrected chi connectivity index (χ4v) is 3.19. The van der Waals surface area contributed by atoms with Crippen LogP contribution in [0.15, 0.2) is 10.9 Å². The van der Waals surface area contributed by atoms with Crippen LogP contribution in [-0.2, 0) is 16.0 Å². The zero-order valence-electron chi connectivity index (χ0n) is 12.0. The van der Waals surface area contributed by atoms with Crippen molar-refractivity contribution < 1.29 is 9.53 Å². The zero-order chi connectivity index (χ0) is 14.1. The molecule has 0 saturated heterocycles. The summed E-state index contributed by atoms with van der Waals surface area (Å²) in [7, 11) is 1.74. The molecule has 1 amide bonds. The van der Waals surface area contributed by atoms with E-state index in [2.05, 4.69) is 31.1 Å². The van der Waals surface area contributed by atoms with Gasteiger partial charge in [-0.25, -0.2) is 4.98 Å². The Bertz CT molecular complexity index is 444. The van der Waals surface area contributed by atoms with Crippen LogP contribution in [0, 0.1) is 5.41 Å². The number of carbonyl (C=O) groups is 1. The standard InChI is InChI=1S/C14H22N2O2S/c1-13(2)11(7-14(13,3)18-4)16-12(17)6-5-10-8-19-9-15-10/h8-9,11H,5-7H2,1-4H3,(H,16,17)/t11-,14+/m1/s1. The van der Waals surface area contributed by atoms with Gasteiger partial charge in [-0.2, -0.15) is 0 Å². The molecule has 1 saturated carbocycles. The fourth-order valence-electron chi connectivity index (χ4n) is 2.59. The molecule has 4 nitrogen and oxygen atoms in total. The summed E-state index contributed by atoms with van der Waals surface area (Å²) in [5, 5.41) is 5.10. The van der Waals surface area contributed by atoms with Gasteiger partial charge in [0.05, 0.1) is 16.8 Å². The molecule has 19 heavy (non-hydrogen) atoms. The van der Waals surface area contributed by atoms with Crippen LogP contribution in [0.5, 0.6) is 0 Å². The second-order valence-electron chi connectivity index (χ2n) is 5.96. The molecular weight excluding hydrogens is 260 g/mol. The SMILES string of the molecule is CO[C@@]1(C)C[C@@H](NC(=O)CCc2cscn2)C1(C)C. The lowest BCUT2D eigenvalue weighted by Crippen LogP contribution is -2.68. The van der Waals surface area contributed by atoms with E-state index in [9.17, 15) is 4.79 Å². The molecular formula is C14H22N2O2S. The van der Waals surface area contributed by atoms with Crippen LogP contribution >= 0.6 is 11.3 Å². The van der Waals surface area contributed by atoms with Crippen LogP contribution < -0.4 is 5.32 Å². The molecule has 0 bridgehead atoms. The van der Waals surface area contributed by atoms with Crippen LogP contribution in [0.2, 0.25) is 0 Å². The van der Waals surface area contributed by atoms with Gasteiger partial charge in [-0.15, -0.1) is 11.3 Å². The van der Waals surface area contributed by atoms with Crippen molar-refractivity contribution in [3.63, 3.8) is 0 Å². The van der Waals surface area contributed by atoms with Gasteiger partial charge in [0.25, 0.3) is 0 Å². The van der Waals surface area contributed by atoms with Crippen LogP contribution in [0.1, 0.15) is 39.3 Å². The highest BCUT2D eigenvalue weighted by Gasteiger charge is 2.58. The van der Waals surface area contributed by atoms with Crippen LogP contribution in [0.3, 0.4) is 0 Å². The number of amides is 1. The predicted octanol–water partition coefficient (Wildman–Crippen LogP) is 2.40. The van der Waals surface area contributed by atoms with Gasteiger partial charge in [0, 0.05) is 30.4 Å². The first-order chi connectivity index (χ1) is 8.89. The first-order valence-electron chi connectivity index (χ1n) is 6.60. The van der Waals surface area contributed by atoms with Crippen LogP contribution in [0.25, 0.3) is 0 Å². The summed E-state index contributed by atoms with van der Waals surface area (Å²) >= 11 is 1.56. The third-order valence-corrected chi connectivity index (χ3v) is 5.34. The molecule has 1 fully saturated rings. The Labute approximate surface area is 118 Å². The van der Waals surface area contributed by atoms with Gasteiger partial charge in [0.2, 0.25) is 5.91 Å². The molecule has 1 heterocycles. The molecule has 5 heteroatoms. The Morgan fingerprint density at radius 1 is 1.58 bits per heavy atom. The van der Waals surface area contributed by atoms with Gasteiger partial charge in [0.1, 0.15) is 0 Å². The van der Waals surface area contributed by atoms with E-state index in [1.807, 2.05) is 5.38 Å². The van der Waals surface area contributed by atoms with Crippen molar-refractivity contribution in [2.24, 2.45) is 5.41 Å². The number of aryl methyl sites for hydroxylation is 1. The van der Waals surface area contributed by atoms with Crippen molar-refractivity contribution in [1.29, 1.82) is 0 Å². The molecule has 0 radical (unpaired) electrons. The minimum Gasteiger partial charge on any atom is -0.378 e. The maximum absolute atomic E-state index is 12.0. The summed E-state index contributed by atoms with van der Waals surface area (Å²) < 4.78 is 5.56. The Morgan fingerprint density at radius 2 is 2.32 bits per heavy atom. The Kier molecular flexibility index (Phi) is 3.97. The van der Waals surface area contributed by atoms with E-state index in [0.29, 0.717) is 12.8 Å². The number of methoxy groups -OCH3 is 1. The maximum Gasteiger partial charge on any atom is 0.220 e. The Hall–Kier alpha value is -0.940. The number of ether oxygens (including phenoxy) is 1. The van der Waals surface area contributed by atoms with Gasteiger partial charge in [0.15, 0.2) is 0 Å². The molecule has 1 aromatic heterocycles. The number of aromatic nitrogens is 1. The second-order valence-corrected chi connectivity index (χ2v) is 6.68. The van der Waals surface area contributed by atoms with Crippen molar-refractivity contribution in [2.75, 3.05) is 7.11 Å². The Balaban J connectivity index is 1.81. The van der Waals surface area contributed by atoms with Gasteiger partial charge < -0.3 is 10.1 Å². The zero-order valence-corrected chi connectivity index (χ0v) is 12.8. The van der Waals surface area contributed by atoms with Crippen LogP contribution in [-0.4, -0.2) is 29.6 Å². The quantitative estimate of drug-likeness (QED) is 0.902. The van der Waals surface area contributed by atoms with Crippen LogP contribution in [0.4, 0.5) is 0 Å². The predicted molar refractivity (Wildman–Crippen MR) is 76.2 cm³/mol. The topological polar surface area (TPSA) is 51.2 Å². The third kappa shape index (κ3) is 2.67. The molecule has 0 aromatic carbocycles. The van der Waals surface area contributed by atoms with E-state index in [4.69, 9.17) is 4.74 Å². The van der Waals surface area contributed by atoms with E-state index < -0.39 is 0 Å². The number of hydrogen-bond acceptors (Lipinski definition) is 4. The van der Waals surface area contributed by atoms with E-state index in [-0.39, 0.29) is 23.0 Å². The highest BCUT2D eigenvalue weighted by atomic mass is 32.1. The monoisotopic (exact) mass is 282 g/mol. The minimum absolute atomic E-state index is 0.0297. The smallest absolute Gasteiger partial charge is 0.220 e. The average Bonchev–Trinajstić information content (AvgIpc) is 2.88. The molecule has 0 spiro atoms. The number of rotatable bonds is 5. The summed E-state index contributed by atoms with van der Waals surface area (Å²) in [6.45, 7) is 6.39. The molecule has 1 aromatic rings. The molecule has 0 unspecified atom stereocenters. The molecule has 0 aliphatic heterocycles. The third-order valence-electron chi connectivity index (χ3n) is 4.71. The van der Waals surface area contributed by atoms with Crippen molar-refractivity contribution in [3.8, 4) is 0 Å². The van der Waals surface area contributed by atoms with Gasteiger partial charge in [-0.3, -0.25) is 4.79 Å². The number of thiazole rings is 1. The summed E-state index contributed by atoms with van der Waals surface area (Å²) in [5.74, 6) is 0.101. The first-order valence-corrected chi connectivity index (χ1v) is 7.55. The van der Waals surface area contributed by atoms with E-state index in [1.165, 1.54) is 0 Å². The van der Waals surface area contributed by atoms with Crippen molar-refractivity contribution >= 4 is 17.2 Å². The van der Waals surface area contributed by atoms with E-state index in [0.717, 1.165) is 12.1 Å². The largest absolute Gasteiger partial charge is 0.378 e. The lowest BCUT2D eigenvalue weighted by Gasteiger charge is -2.59. The molecule has 1 aliphatic rings. The van der Waals surface area contributed by atoms with Crippen molar-refractivity contribution in [3.05, 3.63) is 16.6 Å². The van der Waals surface area contributed by atoms with E-state index >= 15 is 0 Å². The molecule has 2 atom stereocenters. The molecule has 1 aliphatic carbocycles. The minimum atomic E-state index is -0.139. The van der Waals surface area contributed by atoms with Gasteiger partial charge >= 0.3 is 0 Å². The normalized spacial score (nSPS) is 28.7. The van der Waals surface area contributed by atoms with Crippen molar-refractivity contribution in [2.45, 2.75) is 51.7 Å². The van der Waals surface area contributed by atoms with E-state index in [1.54, 1.807) is 24.0 Å². The number of nitrogens with one attached hydrogen (secondary N) is 1. The summed E-state index contributed by atoms with van der Waals surface area (Å²) in [5.41, 5.74) is 2.62. The number of carbonyl (C=O) groups excluding carboxylic acids is 1. The fraction of sp³-hybridized carbons (Fsp3) is 0.714. The van der Waals surface area contributed by atoms with Crippen molar-refractivity contribution in [1.82, 2.24) is 10.3 Å². The lowest BCUT2D eigenvalue weighted by atomic mass is 9.56. The first kappa shape index (κ1) is 14.5. The Morgan fingerprint density at radius 3 is 2.84 bits per heavy atom. The maximum atomic E-state index is 12.0. The summed E-state index contributed by atoms with van der Waals surface area (Å²) in [6, 6.07) is 0.195. The highest BCUT2D eigenvalue weighted by molar-refractivity contribution is 7.07. The van der Waals surface area contributed by atoms with Gasteiger partial charge in [-0.1, -0.05) is 13.8 Å². The second kappa shape index (κ2) is 5.21. The lowest BCUT2D eigenvalue weighted by molar-refractivity contribution is -0.182. The highest BCUT2D eigenvalue weighted by Crippen LogP contribution is 2.51. The molecule has 106 valence electrons. The summed E-state index contributed by atoms with van der Waals surface area (Å²) in [4.78, 5) is 16.1. The summed E-state index contributed by atoms with van der Waals surface area (Å²) in [6.07, 6.45) is 2.09.